The highest BCUT2D eigenvalue weighted by molar-refractivity contribution is 8.04. The maximum atomic E-state index is 14.2. The number of ether oxygens (including phenoxy) is 2. The number of benzene rings is 4. The van der Waals surface area contributed by atoms with Crippen LogP contribution >= 0.6 is 23.1 Å². The Morgan fingerprint density at radius 1 is 0.622 bits per heavy atom. The molecule has 0 amide bonds. The fourth-order valence-electron chi connectivity index (χ4n) is 14.9. The van der Waals surface area contributed by atoms with Gasteiger partial charge in [-0.3, -0.25) is 19.2 Å². The molecule has 1 aromatic heterocycles. The first-order valence-electron chi connectivity index (χ1n) is 27.1. The summed E-state index contributed by atoms with van der Waals surface area (Å²) < 4.78 is 14.7. The molecule has 0 radical (unpaired) electrons. The van der Waals surface area contributed by atoms with Gasteiger partial charge in [0.05, 0.1) is 11.1 Å². The van der Waals surface area contributed by atoms with Gasteiger partial charge in [-0.05, 0) is 182 Å². The molecule has 16 rings (SSSR count). The number of rotatable bonds is 2. The van der Waals surface area contributed by atoms with Crippen LogP contribution in [0.2, 0.25) is 0 Å². The number of carbonyl (C=O) groups excluding carboxylic acids is 4. The average Bonchev–Trinajstić information content (AvgIpc) is 4.17. The molecule has 11 aliphatic rings. The van der Waals surface area contributed by atoms with E-state index in [4.69, 9.17) is 9.47 Å². The number of allylic oxidation sites excluding steroid dienone is 12. The molecule has 8 aliphatic carbocycles. The van der Waals surface area contributed by atoms with Crippen LogP contribution in [0.25, 0.3) is 39.3 Å². The van der Waals surface area contributed by atoms with Crippen molar-refractivity contribution in [2.45, 2.75) is 99.9 Å². The Labute approximate surface area is 438 Å². The molecule has 2 saturated carbocycles. The molecule has 6 nitrogen and oxygen atoms in total. The summed E-state index contributed by atoms with van der Waals surface area (Å²) >= 11 is 3.46. The van der Waals surface area contributed by atoms with Crippen molar-refractivity contribution in [3.8, 4) is 0 Å². The Morgan fingerprint density at radius 3 is 2.03 bits per heavy atom. The molecule has 0 bridgehead atoms. The first-order valence-corrected chi connectivity index (χ1v) is 28.8. The highest BCUT2D eigenvalue weighted by atomic mass is 32.2. The van der Waals surface area contributed by atoms with Crippen LogP contribution in [0.15, 0.2) is 154 Å². The quantitative estimate of drug-likeness (QED) is 0.0989. The number of hydrogen-bond acceptors (Lipinski definition) is 8. The van der Waals surface area contributed by atoms with E-state index in [9.17, 15) is 19.2 Å². The normalized spacial score (nSPS) is 27.8. The third-order valence-electron chi connectivity index (χ3n) is 18.6. The predicted octanol–water partition coefficient (Wildman–Crippen LogP) is 15.3. The van der Waals surface area contributed by atoms with Gasteiger partial charge in [-0.15, -0.1) is 23.1 Å². The minimum absolute atomic E-state index is 0.0413. The maximum absolute atomic E-state index is 14.2. The Morgan fingerprint density at radius 2 is 1.28 bits per heavy atom. The SMILES string of the molecule is O=C1C(=CC2=CC3C(S2)C2=CC4C=C5OC6(CCCCC6)c6cc(/C=C7\C(=O)c8cc9c(cc8C7=O)CC7CCC=CC7=C9)sc6C5=CC4C=C2OC32CCCCC2)C(=O)c2cc3cc4ccccc4cc3cc21. The van der Waals surface area contributed by atoms with Crippen molar-refractivity contribution in [1.29, 1.82) is 0 Å². The van der Waals surface area contributed by atoms with Crippen LogP contribution in [0.4, 0.5) is 0 Å². The summed E-state index contributed by atoms with van der Waals surface area (Å²) in [6.45, 7) is 0. The van der Waals surface area contributed by atoms with Gasteiger partial charge in [0.2, 0.25) is 0 Å². The first kappa shape index (κ1) is 43.8. The maximum Gasteiger partial charge on any atom is 0.197 e. The van der Waals surface area contributed by atoms with Gasteiger partial charge in [0.15, 0.2) is 23.1 Å². The van der Waals surface area contributed by atoms with E-state index in [2.05, 4.69) is 78.9 Å². The summed E-state index contributed by atoms with van der Waals surface area (Å²) in [5.74, 6) is 1.79. The fraction of sp³-hybridized carbons (Fsp3) is 0.303. The van der Waals surface area contributed by atoms with Crippen LogP contribution in [0.3, 0.4) is 0 Å². The summed E-state index contributed by atoms with van der Waals surface area (Å²) in [6.07, 6.45) is 35.8. The van der Waals surface area contributed by atoms with E-state index in [0.717, 1.165) is 130 Å². The molecular weight excluding hydrogens is 953 g/mol. The Kier molecular flexibility index (Phi) is 9.43. The second-order valence-corrected chi connectivity index (χ2v) is 25.1. The van der Waals surface area contributed by atoms with Crippen LogP contribution in [-0.2, 0) is 21.5 Å². The van der Waals surface area contributed by atoms with Gasteiger partial charge in [0.25, 0.3) is 0 Å². The largest absolute Gasteiger partial charge is 0.487 e. The van der Waals surface area contributed by atoms with Gasteiger partial charge in [-0.2, -0.15) is 0 Å². The van der Waals surface area contributed by atoms with E-state index < -0.39 is 5.60 Å². The van der Waals surface area contributed by atoms with Gasteiger partial charge in [0.1, 0.15) is 22.7 Å². The lowest BCUT2D eigenvalue weighted by molar-refractivity contribution is -0.0713. The summed E-state index contributed by atoms with van der Waals surface area (Å²) in [6, 6.07) is 22.4. The molecule has 364 valence electrons. The van der Waals surface area contributed by atoms with Crippen molar-refractivity contribution in [1.82, 2.24) is 0 Å². The number of thiophene rings is 1. The molecular formula is C66H52O6S2. The van der Waals surface area contributed by atoms with E-state index in [1.165, 1.54) is 34.4 Å². The van der Waals surface area contributed by atoms with E-state index in [0.29, 0.717) is 28.2 Å². The molecule has 5 unspecified atom stereocenters. The number of hydrogen-bond donors (Lipinski definition) is 0. The zero-order chi connectivity index (χ0) is 49.2. The molecule has 3 fully saturated rings. The minimum Gasteiger partial charge on any atom is -0.487 e. The molecule has 8 heteroatoms. The highest BCUT2D eigenvalue weighted by Gasteiger charge is 2.55. The molecule has 5 aromatic rings. The van der Waals surface area contributed by atoms with Crippen LogP contribution in [0, 0.1) is 23.7 Å². The molecule has 4 heterocycles. The van der Waals surface area contributed by atoms with Gasteiger partial charge in [-0.25, -0.2) is 0 Å². The molecule has 2 spiro atoms. The first-order chi connectivity index (χ1) is 36.2. The smallest absolute Gasteiger partial charge is 0.197 e. The Balaban J connectivity index is 0.727. The molecule has 74 heavy (non-hydrogen) atoms. The number of thioether (sulfide) groups is 1. The fourth-order valence-corrected chi connectivity index (χ4v) is 17.6. The average molecular weight is 1010 g/mol. The summed E-state index contributed by atoms with van der Waals surface area (Å²) in [7, 11) is 0. The Bertz CT molecular complexity index is 3730. The number of ketones is 4. The van der Waals surface area contributed by atoms with Crippen LogP contribution in [-0.4, -0.2) is 34.0 Å². The second kappa shape index (κ2) is 16.0. The van der Waals surface area contributed by atoms with Crippen molar-refractivity contribution in [2.24, 2.45) is 23.7 Å². The zero-order valence-electron chi connectivity index (χ0n) is 41.0. The van der Waals surface area contributed by atoms with Gasteiger partial charge >= 0.3 is 0 Å². The van der Waals surface area contributed by atoms with Crippen molar-refractivity contribution in [3.63, 3.8) is 0 Å². The van der Waals surface area contributed by atoms with E-state index >= 15 is 0 Å². The number of carbonyl (C=O) groups is 4. The zero-order valence-corrected chi connectivity index (χ0v) is 42.6. The standard InChI is InChI=1S/C66H52O6S2/c67-59-47-23-39-19-35-11-3-4-12-36(35)20-40(39)24-48(47)60(68)53(59)31-45-33-55-63(73-45)51-27-44-30-58-52(28-43(44)29-57(51)71-65(55)15-7-1-8-16-65)64-56(66(72-58)17-9-2-10-18-66)34-46(74-64)32-54-61(69)49-25-41-21-37-13-5-6-14-38(37)22-42(41)26-50(49)62(54)70/h3-5,11-13,19-21,23-34,38,43-44,55,63H,1-2,6-10,14-18,22H2/b54-32+. The molecule has 1 saturated heterocycles. The summed E-state index contributed by atoms with van der Waals surface area (Å²) in [4.78, 5) is 59.9. The van der Waals surface area contributed by atoms with Crippen LogP contribution in [0.5, 0.6) is 0 Å². The molecule has 0 N–H and O–H groups in total. The van der Waals surface area contributed by atoms with Gasteiger partial charge in [0, 0.05) is 76.6 Å². The highest BCUT2D eigenvalue weighted by Crippen LogP contribution is 2.61. The van der Waals surface area contributed by atoms with Crippen molar-refractivity contribution < 1.29 is 28.7 Å². The van der Waals surface area contributed by atoms with Crippen LogP contribution < -0.4 is 0 Å². The van der Waals surface area contributed by atoms with Crippen LogP contribution in [0.1, 0.15) is 145 Å². The molecule has 4 aromatic carbocycles. The topological polar surface area (TPSA) is 86.7 Å². The monoisotopic (exact) mass is 1000 g/mol. The van der Waals surface area contributed by atoms with Gasteiger partial charge in [-0.1, -0.05) is 73.6 Å². The third kappa shape index (κ3) is 6.43. The summed E-state index contributed by atoms with van der Waals surface area (Å²) in [5.41, 5.74) is 8.70. The number of Topliss-reactive ketones (excluding diaryl/α,β-unsaturated/α-hetero) is 4. The van der Waals surface area contributed by atoms with Crippen molar-refractivity contribution in [3.05, 3.63) is 203 Å². The Hall–Kier alpha value is -6.61. The van der Waals surface area contributed by atoms with Crippen molar-refractivity contribution >= 4 is 85.5 Å². The molecule has 3 aliphatic heterocycles. The number of fused-ring (bicyclic) bond motifs is 15. The lowest BCUT2D eigenvalue weighted by Gasteiger charge is -2.50. The van der Waals surface area contributed by atoms with E-state index in [1.54, 1.807) is 23.1 Å². The van der Waals surface area contributed by atoms with Gasteiger partial charge < -0.3 is 9.47 Å². The van der Waals surface area contributed by atoms with E-state index in [-0.39, 0.29) is 62.9 Å². The molecule has 5 atom stereocenters. The minimum atomic E-state index is -0.472. The lowest BCUT2D eigenvalue weighted by atomic mass is 9.68. The van der Waals surface area contributed by atoms with E-state index in [1.807, 2.05) is 48.6 Å². The lowest BCUT2D eigenvalue weighted by Crippen LogP contribution is -2.50. The second-order valence-electron chi connectivity index (χ2n) is 22.8. The third-order valence-corrected chi connectivity index (χ3v) is 21.1. The predicted molar refractivity (Wildman–Crippen MR) is 294 cm³/mol. The summed E-state index contributed by atoms with van der Waals surface area (Å²) in [5, 5.41) is 4.21. The van der Waals surface area contributed by atoms with Crippen molar-refractivity contribution in [2.75, 3.05) is 0 Å².